The highest BCUT2D eigenvalue weighted by Gasteiger charge is 2.31. The normalized spacial score (nSPS) is 24.4. The number of furan rings is 1. The monoisotopic (exact) mass is 136 g/mol. The SMILES string of the molecule is O=C1CCC1c1ccco1. The van der Waals surface area contributed by atoms with Gasteiger partial charge >= 0.3 is 0 Å². The molecule has 2 rings (SSSR count). The molecule has 1 aromatic rings. The van der Waals surface area contributed by atoms with Gasteiger partial charge in [-0.1, -0.05) is 0 Å². The summed E-state index contributed by atoms with van der Waals surface area (Å²) in [6, 6.07) is 3.68. The zero-order valence-electron chi connectivity index (χ0n) is 5.54. The first-order chi connectivity index (χ1) is 4.88. The van der Waals surface area contributed by atoms with Crippen molar-refractivity contribution in [1.29, 1.82) is 0 Å². The summed E-state index contributed by atoms with van der Waals surface area (Å²) in [6.07, 6.45) is 3.30. The Balaban J connectivity index is 2.21. The average molecular weight is 136 g/mol. The summed E-state index contributed by atoms with van der Waals surface area (Å²) in [6.45, 7) is 0. The van der Waals surface area contributed by atoms with Gasteiger partial charge in [0.25, 0.3) is 0 Å². The first kappa shape index (κ1) is 5.71. The summed E-state index contributed by atoms with van der Waals surface area (Å²) in [5, 5.41) is 0. The van der Waals surface area contributed by atoms with Crippen LogP contribution in [0.15, 0.2) is 22.8 Å². The molecule has 0 amide bonds. The number of hydrogen-bond acceptors (Lipinski definition) is 2. The molecule has 1 aromatic heterocycles. The molecule has 1 atom stereocenters. The molecule has 2 nitrogen and oxygen atoms in total. The third-order valence-electron chi connectivity index (χ3n) is 1.95. The van der Waals surface area contributed by atoms with Crippen LogP contribution in [-0.4, -0.2) is 5.78 Å². The third-order valence-corrected chi connectivity index (χ3v) is 1.95. The van der Waals surface area contributed by atoms with Crippen LogP contribution in [0.3, 0.4) is 0 Å². The van der Waals surface area contributed by atoms with Crippen molar-refractivity contribution in [1.82, 2.24) is 0 Å². The molecule has 2 heteroatoms. The summed E-state index contributed by atoms with van der Waals surface area (Å²) in [4.78, 5) is 10.9. The van der Waals surface area contributed by atoms with Crippen molar-refractivity contribution in [3.8, 4) is 0 Å². The Bertz CT molecular complexity index is 236. The van der Waals surface area contributed by atoms with E-state index in [0.29, 0.717) is 5.78 Å². The largest absolute Gasteiger partial charge is 0.469 e. The second-order valence-electron chi connectivity index (χ2n) is 2.57. The topological polar surface area (TPSA) is 30.2 Å². The van der Waals surface area contributed by atoms with Crippen LogP contribution in [0.5, 0.6) is 0 Å². The van der Waals surface area contributed by atoms with E-state index in [0.717, 1.165) is 18.6 Å². The molecule has 0 aliphatic heterocycles. The van der Waals surface area contributed by atoms with Crippen LogP contribution in [0.25, 0.3) is 0 Å². The van der Waals surface area contributed by atoms with Crippen molar-refractivity contribution in [2.75, 3.05) is 0 Å². The van der Waals surface area contributed by atoms with Gasteiger partial charge in [0.15, 0.2) is 0 Å². The molecule has 1 fully saturated rings. The number of hydrogen-bond donors (Lipinski definition) is 0. The second kappa shape index (κ2) is 1.97. The predicted octanol–water partition coefficient (Wildman–Crippen LogP) is 1.73. The lowest BCUT2D eigenvalue weighted by atomic mass is 9.82. The van der Waals surface area contributed by atoms with Crippen LogP contribution in [0.1, 0.15) is 24.5 Å². The molecule has 0 aromatic carbocycles. The van der Waals surface area contributed by atoms with Gasteiger partial charge in [0.05, 0.1) is 12.2 Å². The summed E-state index contributed by atoms with van der Waals surface area (Å²) < 4.78 is 5.09. The molecular formula is C8H8O2. The summed E-state index contributed by atoms with van der Waals surface area (Å²) in [7, 11) is 0. The number of rotatable bonds is 1. The van der Waals surface area contributed by atoms with E-state index in [-0.39, 0.29) is 5.92 Å². The fourth-order valence-electron chi connectivity index (χ4n) is 1.20. The Morgan fingerprint density at radius 3 is 2.90 bits per heavy atom. The van der Waals surface area contributed by atoms with Gasteiger partial charge in [0.1, 0.15) is 11.5 Å². The Hall–Kier alpha value is -1.05. The number of Topliss-reactive ketones (excluding diaryl/α,β-unsaturated/α-hetero) is 1. The highest BCUT2D eigenvalue weighted by molar-refractivity contribution is 5.90. The van der Waals surface area contributed by atoms with Gasteiger partial charge in [-0.25, -0.2) is 0 Å². The lowest BCUT2D eigenvalue weighted by Gasteiger charge is -2.20. The predicted molar refractivity (Wildman–Crippen MR) is 35.7 cm³/mol. The van der Waals surface area contributed by atoms with Crippen LogP contribution in [-0.2, 0) is 4.79 Å². The molecule has 0 radical (unpaired) electrons. The first-order valence-corrected chi connectivity index (χ1v) is 3.44. The van der Waals surface area contributed by atoms with Crippen LogP contribution >= 0.6 is 0 Å². The van der Waals surface area contributed by atoms with E-state index in [4.69, 9.17) is 4.42 Å². The van der Waals surface area contributed by atoms with E-state index < -0.39 is 0 Å². The van der Waals surface area contributed by atoms with Gasteiger partial charge in [0.2, 0.25) is 0 Å². The van der Waals surface area contributed by atoms with Crippen LogP contribution in [0, 0.1) is 0 Å². The van der Waals surface area contributed by atoms with Crippen molar-refractivity contribution in [3.05, 3.63) is 24.2 Å². The standard InChI is InChI=1S/C8H8O2/c9-7-4-3-6(7)8-2-1-5-10-8/h1-2,5-6H,3-4H2. The first-order valence-electron chi connectivity index (χ1n) is 3.44. The molecule has 0 saturated heterocycles. The van der Waals surface area contributed by atoms with E-state index in [9.17, 15) is 4.79 Å². The second-order valence-corrected chi connectivity index (χ2v) is 2.57. The quantitative estimate of drug-likeness (QED) is 0.588. The summed E-state index contributed by atoms with van der Waals surface area (Å²) >= 11 is 0. The van der Waals surface area contributed by atoms with Gasteiger partial charge in [-0.3, -0.25) is 4.79 Å². The minimum atomic E-state index is 0.0787. The molecular weight excluding hydrogens is 128 g/mol. The fraction of sp³-hybridized carbons (Fsp3) is 0.375. The molecule has 1 aliphatic rings. The molecule has 10 heavy (non-hydrogen) atoms. The fourth-order valence-corrected chi connectivity index (χ4v) is 1.20. The minimum absolute atomic E-state index is 0.0787. The van der Waals surface area contributed by atoms with E-state index >= 15 is 0 Å². The number of ketones is 1. The van der Waals surface area contributed by atoms with Crippen LogP contribution in [0.4, 0.5) is 0 Å². The Labute approximate surface area is 58.8 Å². The molecule has 1 unspecified atom stereocenters. The van der Waals surface area contributed by atoms with Crippen molar-refractivity contribution >= 4 is 5.78 Å². The molecule has 0 spiro atoms. The molecule has 0 N–H and O–H groups in total. The third kappa shape index (κ3) is 0.685. The van der Waals surface area contributed by atoms with Crippen molar-refractivity contribution in [2.24, 2.45) is 0 Å². The molecule has 52 valence electrons. The van der Waals surface area contributed by atoms with Gasteiger partial charge < -0.3 is 4.42 Å². The van der Waals surface area contributed by atoms with Gasteiger partial charge in [-0.05, 0) is 18.6 Å². The smallest absolute Gasteiger partial charge is 0.143 e. The Morgan fingerprint density at radius 2 is 2.50 bits per heavy atom. The van der Waals surface area contributed by atoms with E-state index in [1.165, 1.54) is 0 Å². The molecule has 1 aliphatic carbocycles. The molecule has 1 saturated carbocycles. The number of carbonyl (C=O) groups excluding carboxylic acids is 1. The maximum atomic E-state index is 10.9. The molecule has 1 heterocycles. The van der Waals surface area contributed by atoms with Gasteiger partial charge in [-0.15, -0.1) is 0 Å². The van der Waals surface area contributed by atoms with Crippen LogP contribution in [0.2, 0.25) is 0 Å². The summed E-state index contributed by atoms with van der Waals surface area (Å²) in [5.74, 6) is 1.22. The van der Waals surface area contributed by atoms with Gasteiger partial charge in [0, 0.05) is 6.42 Å². The van der Waals surface area contributed by atoms with Crippen molar-refractivity contribution < 1.29 is 9.21 Å². The lowest BCUT2D eigenvalue weighted by molar-refractivity contribution is -0.126. The maximum absolute atomic E-state index is 10.9. The van der Waals surface area contributed by atoms with Crippen LogP contribution < -0.4 is 0 Å². The zero-order valence-corrected chi connectivity index (χ0v) is 5.54. The van der Waals surface area contributed by atoms with Crippen molar-refractivity contribution in [3.63, 3.8) is 0 Å². The number of carbonyl (C=O) groups is 1. The lowest BCUT2D eigenvalue weighted by Crippen LogP contribution is -2.22. The average Bonchev–Trinajstić information content (AvgIpc) is 2.37. The Kier molecular flexibility index (Phi) is 1.13. The summed E-state index contributed by atoms with van der Waals surface area (Å²) in [5.41, 5.74) is 0. The minimum Gasteiger partial charge on any atom is -0.469 e. The van der Waals surface area contributed by atoms with E-state index in [2.05, 4.69) is 0 Å². The van der Waals surface area contributed by atoms with Gasteiger partial charge in [-0.2, -0.15) is 0 Å². The zero-order chi connectivity index (χ0) is 6.97. The Morgan fingerprint density at radius 1 is 1.60 bits per heavy atom. The highest BCUT2D eigenvalue weighted by atomic mass is 16.3. The van der Waals surface area contributed by atoms with Crippen molar-refractivity contribution in [2.45, 2.75) is 18.8 Å². The van der Waals surface area contributed by atoms with E-state index in [1.54, 1.807) is 6.26 Å². The molecule has 0 bridgehead atoms. The highest BCUT2D eigenvalue weighted by Crippen LogP contribution is 2.32. The van der Waals surface area contributed by atoms with E-state index in [1.807, 2.05) is 12.1 Å². The maximum Gasteiger partial charge on any atom is 0.143 e.